The van der Waals surface area contributed by atoms with Crippen molar-refractivity contribution in [3.05, 3.63) is 105 Å². The molecule has 0 aliphatic carbocycles. The van der Waals surface area contributed by atoms with Gasteiger partial charge in [0.2, 0.25) is 0 Å². The van der Waals surface area contributed by atoms with Crippen LogP contribution in [0, 0.1) is 5.82 Å². The fourth-order valence-corrected chi connectivity index (χ4v) is 3.47. The van der Waals surface area contributed by atoms with Gasteiger partial charge in [-0.2, -0.15) is 0 Å². The first kappa shape index (κ1) is 22.6. The van der Waals surface area contributed by atoms with Gasteiger partial charge in [0.25, 0.3) is 5.56 Å². The lowest BCUT2D eigenvalue weighted by Gasteiger charge is -2.14. The minimum Gasteiger partial charge on any atom is -0.465 e. The number of nitrogens with zero attached hydrogens (tertiary/aromatic N) is 2. The van der Waals surface area contributed by atoms with Gasteiger partial charge in [0.05, 0.1) is 41.9 Å². The Bertz CT molecular complexity index is 1460. The maximum atomic E-state index is 13.5. The molecule has 0 amide bonds. The van der Waals surface area contributed by atoms with E-state index in [4.69, 9.17) is 9.47 Å². The molecule has 0 saturated heterocycles. The van der Waals surface area contributed by atoms with Crippen LogP contribution in [0.1, 0.15) is 32.1 Å². The van der Waals surface area contributed by atoms with Gasteiger partial charge in [-0.3, -0.25) is 9.36 Å². The summed E-state index contributed by atoms with van der Waals surface area (Å²) >= 11 is 0. The van der Waals surface area contributed by atoms with E-state index < -0.39 is 17.5 Å². The van der Waals surface area contributed by atoms with Crippen molar-refractivity contribution in [1.82, 2.24) is 9.55 Å². The first-order valence-electron chi connectivity index (χ1n) is 10.2. The number of para-hydroxylation sites is 1. The number of halogens is 1. The molecule has 0 bridgehead atoms. The third-order valence-electron chi connectivity index (χ3n) is 5.11. The van der Waals surface area contributed by atoms with Crippen LogP contribution in [0.4, 0.5) is 4.39 Å². The molecule has 4 rings (SSSR count). The first-order chi connectivity index (χ1) is 16.4. The van der Waals surface area contributed by atoms with Gasteiger partial charge in [-0.1, -0.05) is 30.3 Å². The lowest BCUT2D eigenvalue weighted by molar-refractivity contribution is 0.0599. The Kier molecular flexibility index (Phi) is 6.31. The molecule has 0 saturated carbocycles. The van der Waals surface area contributed by atoms with Crippen LogP contribution >= 0.6 is 0 Å². The SMILES string of the molecule is COC(=O)c1cc(C(=O)OC)cc(-n2c(/C=C\c3ccc(F)cc3)nc3ccccc3c2=O)c1. The molecule has 7 nitrogen and oxygen atoms in total. The smallest absolute Gasteiger partial charge is 0.337 e. The third kappa shape index (κ3) is 4.47. The summed E-state index contributed by atoms with van der Waals surface area (Å²) in [5.41, 5.74) is 1.11. The number of carbonyl (C=O) groups excluding carboxylic acids is 2. The maximum absolute atomic E-state index is 13.5. The highest BCUT2D eigenvalue weighted by Crippen LogP contribution is 2.20. The molecular weight excluding hydrogens is 439 g/mol. The van der Waals surface area contributed by atoms with Crippen molar-refractivity contribution in [2.75, 3.05) is 14.2 Å². The summed E-state index contributed by atoms with van der Waals surface area (Å²) in [7, 11) is 2.43. The standard InChI is InChI=1S/C26H19FN2O5/c1-33-25(31)17-13-18(26(32)34-2)15-20(14-17)29-23(12-9-16-7-10-19(27)11-8-16)28-22-6-4-3-5-21(22)24(29)30/h3-15H,1-2H3/b12-9-. The van der Waals surface area contributed by atoms with E-state index in [2.05, 4.69) is 4.98 Å². The Hall–Kier alpha value is -4.59. The summed E-state index contributed by atoms with van der Waals surface area (Å²) < 4.78 is 24.2. The van der Waals surface area contributed by atoms with Crippen molar-refractivity contribution in [1.29, 1.82) is 0 Å². The van der Waals surface area contributed by atoms with Crippen molar-refractivity contribution in [2.45, 2.75) is 0 Å². The van der Waals surface area contributed by atoms with E-state index in [0.29, 0.717) is 16.5 Å². The van der Waals surface area contributed by atoms with Crippen molar-refractivity contribution in [3.63, 3.8) is 0 Å². The number of fused-ring (bicyclic) bond motifs is 1. The van der Waals surface area contributed by atoms with Gasteiger partial charge in [-0.15, -0.1) is 0 Å². The summed E-state index contributed by atoms with van der Waals surface area (Å²) in [5, 5.41) is 0.351. The molecule has 3 aromatic carbocycles. The van der Waals surface area contributed by atoms with E-state index in [0.717, 1.165) is 0 Å². The topological polar surface area (TPSA) is 87.5 Å². The zero-order valence-corrected chi connectivity index (χ0v) is 18.3. The molecule has 0 N–H and O–H groups in total. The molecule has 34 heavy (non-hydrogen) atoms. The number of hydrogen-bond acceptors (Lipinski definition) is 6. The zero-order chi connectivity index (χ0) is 24.2. The Labute approximate surface area is 193 Å². The van der Waals surface area contributed by atoms with Gasteiger partial charge in [-0.05, 0) is 54.1 Å². The molecule has 0 fully saturated rings. The first-order valence-corrected chi connectivity index (χ1v) is 10.2. The van der Waals surface area contributed by atoms with Crippen LogP contribution in [0.5, 0.6) is 0 Å². The number of rotatable bonds is 5. The number of hydrogen-bond donors (Lipinski definition) is 0. The molecule has 170 valence electrons. The molecule has 8 heteroatoms. The molecule has 1 heterocycles. The Balaban J connectivity index is 1.99. The summed E-state index contributed by atoms with van der Waals surface area (Å²) in [5.74, 6) is -1.49. The maximum Gasteiger partial charge on any atom is 0.337 e. The molecule has 1 aromatic heterocycles. The van der Waals surface area contributed by atoms with Gasteiger partial charge in [-0.25, -0.2) is 19.0 Å². The molecule has 0 unspecified atom stereocenters. The quantitative estimate of drug-likeness (QED) is 0.415. The predicted molar refractivity (Wildman–Crippen MR) is 125 cm³/mol. The Morgan fingerprint density at radius 2 is 1.50 bits per heavy atom. The second-order valence-electron chi connectivity index (χ2n) is 7.26. The van der Waals surface area contributed by atoms with Gasteiger partial charge in [0.1, 0.15) is 11.6 Å². The summed E-state index contributed by atoms with van der Waals surface area (Å²) in [6, 6.07) is 16.8. The van der Waals surface area contributed by atoms with Gasteiger partial charge in [0.15, 0.2) is 0 Å². The highest BCUT2D eigenvalue weighted by molar-refractivity contribution is 5.96. The van der Waals surface area contributed by atoms with E-state index >= 15 is 0 Å². The van der Waals surface area contributed by atoms with E-state index in [1.165, 1.54) is 49.1 Å². The van der Waals surface area contributed by atoms with Crippen molar-refractivity contribution in [3.8, 4) is 5.69 Å². The van der Waals surface area contributed by atoms with Crippen LogP contribution in [0.15, 0.2) is 71.5 Å². The van der Waals surface area contributed by atoms with Crippen LogP contribution in [0.25, 0.3) is 28.7 Å². The number of benzene rings is 3. The highest BCUT2D eigenvalue weighted by atomic mass is 19.1. The second-order valence-corrected chi connectivity index (χ2v) is 7.26. The number of esters is 2. The Morgan fingerprint density at radius 1 is 0.882 bits per heavy atom. The number of carbonyl (C=O) groups is 2. The average Bonchev–Trinajstić information content (AvgIpc) is 2.87. The van der Waals surface area contributed by atoms with Crippen LogP contribution in [-0.4, -0.2) is 35.7 Å². The lowest BCUT2D eigenvalue weighted by atomic mass is 10.1. The van der Waals surface area contributed by atoms with E-state index in [-0.39, 0.29) is 28.5 Å². The molecule has 4 aromatic rings. The van der Waals surface area contributed by atoms with Gasteiger partial charge in [0, 0.05) is 0 Å². The number of ether oxygens (including phenoxy) is 2. The minimum atomic E-state index is -0.683. The molecule has 0 aliphatic rings. The van der Waals surface area contributed by atoms with Gasteiger partial charge < -0.3 is 9.47 Å². The molecule has 0 radical (unpaired) electrons. The number of aromatic nitrogens is 2. The molecule has 0 spiro atoms. The monoisotopic (exact) mass is 458 g/mol. The fraction of sp³-hybridized carbons (Fsp3) is 0.0769. The lowest BCUT2D eigenvalue weighted by Crippen LogP contribution is -2.23. The van der Waals surface area contributed by atoms with Crippen LogP contribution in [0.3, 0.4) is 0 Å². The normalized spacial score (nSPS) is 11.0. The van der Waals surface area contributed by atoms with Crippen molar-refractivity contribution < 1.29 is 23.5 Å². The fourth-order valence-electron chi connectivity index (χ4n) is 3.47. The molecular formula is C26H19FN2O5. The largest absolute Gasteiger partial charge is 0.465 e. The number of methoxy groups -OCH3 is 2. The summed E-state index contributed by atoms with van der Waals surface area (Å²) in [6.45, 7) is 0. The second kappa shape index (κ2) is 9.50. The zero-order valence-electron chi connectivity index (χ0n) is 18.3. The average molecular weight is 458 g/mol. The van der Waals surface area contributed by atoms with Crippen LogP contribution in [0.2, 0.25) is 0 Å². The predicted octanol–water partition coefficient (Wildman–Crippen LogP) is 4.27. The van der Waals surface area contributed by atoms with Crippen LogP contribution < -0.4 is 5.56 Å². The van der Waals surface area contributed by atoms with Crippen molar-refractivity contribution in [2.24, 2.45) is 0 Å². The van der Waals surface area contributed by atoms with Gasteiger partial charge >= 0.3 is 11.9 Å². The van der Waals surface area contributed by atoms with Crippen molar-refractivity contribution >= 4 is 35.0 Å². The van der Waals surface area contributed by atoms with E-state index in [9.17, 15) is 18.8 Å². The van der Waals surface area contributed by atoms with E-state index in [1.807, 2.05) is 0 Å². The highest BCUT2D eigenvalue weighted by Gasteiger charge is 2.18. The molecule has 0 atom stereocenters. The van der Waals surface area contributed by atoms with Crippen LogP contribution in [-0.2, 0) is 9.47 Å². The third-order valence-corrected chi connectivity index (χ3v) is 5.11. The summed E-state index contributed by atoms with van der Waals surface area (Å²) in [4.78, 5) is 42.6. The molecule has 0 aliphatic heterocycles. The van der Waals surface area contributed by atoms with E-state index in [1.54, 1.807) is 48.6 Å². The summed E-state index contributed by atoms with van der Waals surface area (Å²) in [6.07, 6.45) is 3.28. The Morgan fingerprint density at radius 3 is 2.12 bits per heavy atom. The minimum absolute atomic E-state index is 0.0638.